The van der Waals surface area contributed by atoms with Crippen LogP contribution in [0, 0.1) is 0 Å². The Labute approximate surface area is 269 Å². The molecule has 0 aliphatic rings. The molecule has 6 nitrogen and oxygen atoms in total. The van der Waals surface area contributed by atoms with Crippen molar-refractivity contribution in [3.63, 3.8) is 0 Å². The summed E-state index contributed by atoms with van der Waals surface area (Å²) >= 11 is 10.2. The second-order valence-corrected chi connectivity index (χ2v) is 12.1. The van der Waals surface area contributed by atoms with E-state index >= 15 is 0 Å². The first-order chi connectivity index (χ1) is 20.9. The molecule has 0 aliphatic carbocycles. The zero-order valence-electron chi connectivity index (χ0n) is 22.9. The monoisotopic (exact) mass is 701 g/mol. The van der Waals surface area contributed by atoms with Crippen molar-refractivity contribution in [1.82, 2.24) is 5.32 Å². The number of halogens is 5. The van der Waals surface area contributed by atoms with Crippen molar-refractivity contribution in [1.29, 1.82) is 0 Å². The van der Waals surface area contributed by atoms with Crippen LogP contribution in [0.5, 0.6) is 0 Å². The quantitative estimate of drug-likeness (QED) is 0.120. The number of anilines is 2. The van der Waals surface area contributed by atoms with Crippen molar-refractivity contribution < 1.29 is 27.6 Å². The van der Waals surface area contributed by atoms with E-state index in [4.69, 9.17) is 11.6 Å². The molecule has 0 radical (unpaired) electrons. The number of nitrogens with one attached hydrogen (secondary N) is 3. The predicted molar refractivity (Wildman–Crippen MR) is 172 cm³/mol. The molecule has 1 atom stereocenters. The highest BCUT2D eigenvalue weighted by Gasteiger charge is 2.34. The van der Waals surface area contributed by atoms with Crippen LogP contribution in [-0.4, -0.2) is 23.0 Å². The zero-order valence-corrected chi connectivity index (χ0v) is 26.1. The van der Waals surface area contributed by atoms with Gasteiger partial charge in [0.2, 0.25) is 5.91 Å². The second-order valence-electron chi connectivity index (χ2n) is 9.35. The summed E-state index contributed by atoms with van der Waals surface area (Å²) in [5, 5.41) is 6.91. The highest BCUT2D eigenvalue weighted by atomic mass is 79.9. The highest BCUT2D eigenvalue weighted by molar-refractivity contribution is 9.10. The number of thioether (sulfide) groups is 1. The smallest absolute Gasteiger partial charge is 0.325 e. The maximum Gasteiger partial charge on any atom is 0.418 e. The number of carbonyl (C=O) groups is 3. The first kappa shape index (κ1) is 32.8. The van der Waals surface area contributed by atoms with Crippen molar-refractivity contribution in [3.8, 4) is 0 Å². The van der Waals surface area contributed by atoms with Crippen LogP contribution in [0.4, 0.5) is 24.5 Å². The lowest BCUT2D eigenvalue weighted by Crippen LogP contribution is -2.30. The van der Waals surface area contributed by atoms with E-state index in [0.29, 0.717) is 21.7 Å². The number of alkyl halides is 3. The fourth-order valence-corrected chi connectivity index (χ4v) is 5.14. The number of carbonyl (C=O) groups excluding carboxylic acids is 3. The molecule has 44 heavy (non-hydrogen) atoms. The lowest BCUT2D eigenvalue weighted by molar-refractivity contribution is -0.137. The minimum absolute atomic E-state index is 0.0188. The average Bonchev–Trinajstić information content (AvgIpc) is 2.99. The maximum absolute atomic E-state index is 13.4. The van der Waals surface area contributed by atoms with Crippen molar-refractivity contribution in [3.05, 3.63) is 129 Å². The van der Waals surface area contributed by atoms with E-state index in [-0.39, 0.29) is 16.4 Å². The SMILES string of the molecule is CC(Sc1ccc(NC(=O)/C(=C/c2ccc(Br)cc2)NC(=O)c2ccccc2)cc1)C(=O)Nc1ccc(Cl)cc1C(F)(F)F. The van der Waals surface area contributed by atoms with Gasteiger partial charge in [-0.3, -0.25) is 14.4 Å². The first-order valence-electron chi connectivity index (χ1n) is 13.0. The minimum Gasteiger partial charge on any atom is -0.325 e. The van der Waals surface area contributed by atoms with Crippen molar-refractivity contribution in [2.24, 2.45) is 0 Å². The van der Waals surface area contributed by atoms with Gasteiger partial charge in [-0.05, 0) is 85.3 Å². The molecule has 12 heteroatoms. The lowest BCUT2D eigenvalue weighted by atomic mass is 10.1. The van der Waals surface area contributed by atoms with E-state index in [1.54, 1.807) is 79.7 Å². The Morgan fingerprint density at radius 3 is 2.18 bits per heavy atom. The van der Waals surface area contributed by atoms with Gasteiger partial charge >= 0.3 is 6.18 Å². The van der Waals surface area contributed by atoms with E-state index < -0.39 is 34.7 Å². The molecule has 0 saturated heterocycles. The van der Waals surface area contributed by atoms with Crippen LogP contribution in [0.1, 0.15) is 28.4 Å². The summed E-state index contributed by atoms with van der Waals surface area (Å²) in [6, 6.07) is 25.3. The number of benzene rings is 4. The van der Waals surface area contributed by atoms with Gasteiger partial charge in [0.1, 0.15) is 5.70 Å². The highest BCUT2D eigenvalue weighted by Crippen LogP contribution is 2.37. The summed E-state index contributed by atoms with van der Waals surface area (Å²) in [5.74, 6) is -1.64. The van der Waals surface area contributed by atoms with E-state index in [1.165, 1.54) is 6.07 Å². The van der Waals surface area contributed by atoms with E-state index in [9.17, 15) is 27.6 Å². The molecule has 0 spiro atoms. The zero-order chi connectivity index (χ0) is 31.9. The molecule has 0 aromatic heterocycles. The number of hydrogen-bond donors (Lipinski definition) is 3. The Balaban J connectivity index is 1.43. The molecule has 226 valence electrons. The van der Waals surface area contributed by atoms with Gasteiger partial charge < -0.3 is 16.0 Å². The van der Waals surface area contributed by atoms with Gasteiger partial charge in [-0.1, -0.05) is 57.9 Å². The van der Waals surface area contributed by atoms with Crippen LogP contribution in [0.3, 0.4) is 0 Å². The van der Waals surface area contributed by atoms with Crippen LogP contribution in [0.15, 0.2) is 112 Å². The molecular formula is C32H24BrClF3N3O3S. The van der Waals surface area contributed by atoms with Crippen molar-refractivity contribution in [2.45, 2.75) is 23.2 Å². The molecule has 0 bridgehead atoms. The lowest BCUT2D eigenvalue weighted by Gasteiger charge is -2.17. The van der Waals surface area contributed by atoms with Gasteiger partial charge in [0.05, 0.1) is 16.5 Å². The Morgan fingerprint density at radius 2 is 1.55 bits per heavy atom. The third-order valence-corrected chi connectivity index (χ3v) is 7.92. The van der Waals surface area contributed by atoms with Crippen LogP contribution in [-0.2, 0) is 15.8 Å². The number of hydrogen-bond acceptors (Lipinski definition) is 4. The van der Waals surface area contributed by atoms with Crippen molar-refractivity contribution in [2.75, 3.05) is 10.6 Å². The summed E-state index contributed by atoms with van der Waals surface area (Å²) in [5.41, 5.74) is 0.0836. The average molecular weight is 703 g/mol. The van der Waals surface area contributed by atoms with Gasteiger partial charge in [-0.15, -0.1) is 11.8 Å². The first-order valence-corrected chi connectivity index (χ1v) is 15.0. The van der Waals surface area contributed by atoms with Crippen LogP contribution in [0.2, 0.25) is 5.02 Å². The Bertz CT molecular complexity index is 1680. The molecule has 0 aliphatic heterocycles. The molecule has 4 aromatic carbocycles. The standard InChI is InChI=1S/C32H24BrClF3N3O3S/c1-19(29(41)39-27-16-11-23(34)18-26(27)32(35,36)37)44-25-14-12-24(13-15-25)38-31(43)28(17-20-7-9-22(33)10-8-20)40-30(42)21-5-3-2-4-6-21/h2-19H,1H3,(H,38,43)(H,39,41)(H,40,42)/b28-17-. The largest absolute Gasteiger partial charge is 0.418 e. The molecule has 3 amide bonds. The Morgan fingerprint density at radius 1 is 0.886 bits per heavy atom. The van der Waals surface area contributed by atoms with E-state index in [2.05, 4.69) is 31.9 Å². The summed E-state index contributed by atoms with van der Waals surface area (Å²) in [4.78, 5) is 39.4. The third-order valence-electron chi connectivity index (χ3n) is 6.05. The molecule has 0 saturated carbocycles. The Hall–Kier alpha value is -4.06. The number of rotatable bonds is 9. The molecule has 0 fully saturated rings. The van der Waals surface area contributed by atoms with Gasteiger partial charge in [-0.2, -0.15) is 13.2 Å². The summed E-state index contributed by atoms with van der Waals surface area (Å²) < 4.78 is 41.0. The van der Waals surface area contributed by atoms with Crippen LogP contribution < -0.4 is 16.0 Å². The molecule has 3 N–H and O–H groups in total. The van der Waals surface area contributed by atoms with E-state index in [0.717, 1.165) is 28.4 Å². The van der Waals surface area contributed by atoms with Crippen molar-refractivity contribution >= 4 is 74.5 Å². The van der Waals surface area contributed by atoms with Crippen LogP contribution in [0.25, 0.3) is 6.08 Å². The van der Waals surface area contributed by atoms with Gasteiger partial charge in [0.25, 0.3) is 11.8 Å². The number of amides is 3. The van der Waals surface area contributed by atoms with Crippen LogP contribution >= 0.6 is 39.3 Å². The topological polar surface area (TPSA) is 87.3 Å². The fraction of sp³-hybridized carbons (Fsp3) is 0.0938. The van der Waals surface area contributed by atoms with Gasteiger partial charge in [0.15, 0.2) is 0 Å². The molecule has 4 aromatic rings. The predicted octanol–water partition coefficient (Wildman–Crippen LogP) is 8.65. The third kappa shape index (κ3) is 9.22. The Kier molecular flexibility index (Phi) is 10.9. The van der Waals surface area contributed by atoms with E-state index in [1.807, 2.05) is 12.1 Å². The molecule has 4 rings (SSSR count). The molecule has 1 unspecified atom stereocenters. The summed E-state index contributed by atoms with van der Waals surface area (Å²) in [6.07, 6.45) is -3.14. The second kappa shape index (κ2) is 14.6. The normalized spacial score (nSPS) is 12.3. The molecular weight excluding hydrogens is 679 g/mol. The fourth-order valence-electron chi connectivity index (χ4n) is 3.84. The van der Waals surface area contributed by atoms with Gasteiger partial charge in [0, 0.05) is 25.6 Å². The summed E-state index contributed by atoms with van der Waals surface area (Å²) in [6.45, 7) is 1.56. The summed E-state index contributed by atoms with van der Waals surface area (Å²) in [7, 11) is 0. The minimum atomic E-state index is -4.69. The van der Waals surface area contributed by atoms with Gasteiger partial charge in [-0.25, -0.2) is 0 Å². The molecule has 0 heterocycles. The maximum atomic E-state index is 13.4.